The predicted molar refractivity (Wildman–Crippen MR) is 90.4 cm³/mol. The lowest BCUT2D eigenvalue weighted by atomic mass is 9.84. The van der Waals surface area contributed by atoms with Gasteiger partial charge in [-0.1, -0.05) is 25.0 Å². The van der Waals surface area contributed by atoms with Crippen LogP contribution in [0, 0.1) is 5.92 Å². The smallest absolute Gasteiger partial charge is 0.349 e. The van der Waals surface area contributed by atoms with Gasteiger partial charge in [0.05, 0.1) is 5.92 Å². The van der Waals surface area contributed by atoms with Crippen molar-refractivity contribution in [3.05, 3.63) is 35.4 Å². The first-order chi connectivity index (χ1) is 12.3. The lowest BCUT2D eigenvalue weighted by Gasteiger charge is -2.33. The van der Waals surface area contributed by atoms with Gasteiger partial charge in [-0.25, -0.2) is 0 Å². The minimum absolute atomic E-state index is 0.0611. The normalized spacial score (nSPS) is 24.0. The molecule has 1 heterocycles. The van der Waals surface area contributed by atoms with Gasteiger partial charge in [-0.2, -0.15) is 13.2 Å². The van der Waals surface area contributed by atoms with E-state index < -0.39 is 24.0 Å². The molecule has 1 aliphatic carbocycles. The first-order valence-corrected chi connectivity index (χ1v) is 9.09. The minimum Gasteiger partial charge on any atom is -0.349 e. The summed E-state index contributed by atoms with van der Waals surface area (Å²) < 4.78 is 39.6. The molecule has 1 saturated carbocycles. The van der Waals surface area contributed by atoms with Gasteiger partial charge in [0.25, 0.3) is 5.91 Å². The Morgan fingerprint density at radius 2 is 1.96 bits per heavy atom. The Kier molecular flexibility index (Phi) is 5.53. The monoisotopic (exact) mass is 368 g/mol. The Bertz CT molecular complexity index is 675. The van der Waals surface area contributed by atoms with Gasteiger partial charge in [0.1, 0.15) is 0 Å². The van der Waals surface area contributed by atoms with Crippen LogP contribution in [0.1, 0.15) is 54.4 Å². The summed E-state index contributed by atoms with van der Waals surface area (Å²) in [6.45, 7) is 1.12. The number of hydrogen-bond acceptors (Lipinski definition) is 2. The van der Waals surface area contributed by atoms with Gasteiger partial charge >= 0.3 is 6.18 Å². The van der Waals surface area contributed by atoms with Crippen molar-refractivity contribution >= 4 is 11.8 Å². The molecule has 0 spiro atoms. The van der Waals surface area contributed by atoms with Crippen molar-refractivity contribution < 1.29 is 22.8 Å². The molecule has 7 heteroatoms. The van der Waals surface area contributed by atoms with Crippen LogP contribution in [-0.2, 0) is 11.3 Å². The summed E-state index contributed by atoms with van der Waals surface area (Å²) in [6, 6.07) is 5.90. The summed E-state index contributed by atoms with van der Waals surface area (Å²) in [5.41, 5.74) is 1.14. The number of carbonyl (C=O) groups is 2. The molecule has 2 aliphatic rings. The molecule has 2 fully saturated rings. The van der Waals surface area contributed by atoms with Crippen molar-refractivity contribution in [1.29, 1.82) is 0 Å². The fourth-order valence-corrected chi connectivity index (χ4v) is 3.85. The maximum absolute atomic E-state index is 13.2. The van der Waals surface area contributed by atoms with E-state index in [1.54, 1.807) is 23.1 Å². The Labute approximate surface area is 150 Å². The van der Waals surface area contributed by atoms with Crippen LogP contribution < -0.4 is 5.32 Å². The maximum Gasteiger partial charge on any atom is 0.393 e. The SMILES string of the molecule is O=C(NC1CCCCC1C(F)(F)F)c1cccc(CN2CCCC2=O)c1. The zero-order valence-corrected chi connectivity index (χ0v) is 14.5. The van der Waals surface area contributed by atoms with E-state index in [0.29, 0.717) is 44.3 Å². The summed E-state index contributed by atoms with van der Waals surface area (Å²) in [5, 5.41) is 2.58. The quantitative estimate of drug-likeness (QED) is 0.882. The third-order valence-electron chi connectivity index (χ3n) is 5.24. The Balaban J connectivity index is 1.67. The topological polar surface area (TPSA) is 49.4 Å². The van der Waals surface area contributed by atoms with E-state index >= 15 is 0 Å². The average Bonchev–Trinajstić information content (AvgIpc) is 2.99. The van der Waals surface area contributed by atoms with Crippen molar-refractivity contribution in [2.24, 2.45) is 5.92 Å². The molecule has 3 rings (SSSR count). The van der Waals surface area contributed by atoms with Crippen LogP contribution in [-0.4, -0.2) is 35.5 Å². The van der Waals surface area contributed by atoms with Crippen LogP contribution in [0.5, 0.6) is 0 Å². The summed E-state index contributed by atoms with van der Waals surface area (Å²) in [5.74, 6) is -1.87. The van der Waals surface area contributed by atoms with E-state index in [1.165, 1.54) is 0 Å². The lowest BCUT2D eigenvalue weighted by molar-refractivity contribution is -0.187. The van der Waals surface area contributed by atoms with Crippen LogP contribution in [0.25, 0.3) is 0 Å². The lowest BCUT2D eigenvalue weighted by Crippen LogP contribution is -2.47. The van der Waals surface area contributed by atoms with Gasteiger partial charge < -0.3 is 10.2 Å². The van der Waals surface area contributed by atoms with E-state index in [9.17, 15) is 22.8 Å². The van der Waals surface area contributed by atoms with Gasteiger partial charge in [-0.15, -0.1) is 0 Å². The standard InChI is InChI=1S/C19H23F3N2O2/c20-19(21,22)15-7-1-2-8-16(15)23-18(26)14-6-3-5-13(11-14)12-24-10-4-9-17(24)25/h3,5-6,11,15-16H,1-2,4,7-10,12H2,(H,23,26). The van der Waals surface area contributed by atoms with Gasteiger partial charge in [0.2, 0.25) is 5.91 Å². The molecule has 1 aliphatic heterocycles. The van der Waals surface area contributed by atoms with E-state index in [0.717, 1.165) is 12.0 Å². The van der Waals surface area contributed by atoms with Crippen molar-refractivity contribution in [2.45, 2.75) is 57.3 Å². The predicted octanol–water partition coefficient (Wildman–Crippen LogP) is 3.66. The molecule has 2 amide bonds. The van der Waals surface area contributed by atoms with Gasteiger partial charge in [-0.05, 0) is 37.0 Å². The zero-order valence-electron chi connectivity index (χ0n) is 14.5. The third kappa shape index (κ3) is 4.37. The number of rotatable bonds is 4. The molecule has 4 nitrogen and oxygen atoms in total. The molecule has 1 aromatic carbocycles. The highest BCUT2D eigenvalue weighted by Crippen LogP contribution is 2.37. The molecule has 0 aromatic heterocycles. The van der Waals surface area contributed by atoms with Crippen molar-refractivity contribution in [3.8, 4) is 0 Å². The minimum atomic E-state index is -4.30. The van der Waals surface area contributed by atoms with Crippen molar-refractivity contribution in [2.75, 3.05) is 6.54 Å². The van der Waals surface area contributed by atoms with Crippen LogP contribution in [0.15, 0.2) is 24.3 Å². The molecule has 142 valence electrons. The number of halogens is 3. The molecule has 26 heavy (non-hydrogen) atoms. The highest BCUT2D eigenvalue weighted by atomic mass is 19.4. The fraction of sp³-hybridized carbons (Fsp3) is 0.579. The average molecular weight is 368 g/mol. The molecular formula is C19H23F3N2O2. The van der Waals surface area contributed by atoms with Crippen LogP contribution >= 0.6 is 0 Å². The van der Waals surface area contributed by atoms with E-state index in [1.807, 2.05) is 6.07 Å². The molecule has 1 N–H and O–H groups in total. The summed E-state index contributed by atoms with van der Waals surface area (Å²) in [7, 11) is 0. The van der Waals surface area contributed by atoms with Crippen molar-refractivity contribution in [3.63, 3.8) is 0 Å². The Morgan fingerprint density at radius 3 is 2.65 bits per heavy atom. The first kappa shape index (κ1) is 18.7. The van der Waals surface area contributed by atoms with Crippen molar-refractivity contribution in [1.82, 2.24) is 10.2 Å². The molecule has 1 aromatic rings. The summed E-state index contributed by atoms with van der Waals surface area (Å²) in [4.78, 5) is 25.9. The van der Waals surface area contributed by atoms with Gasteiger partial charge in [0.15, 0.2) is 0 Å². The second-order valence-corrected chi connectivity index (χ2v) is 7.13. The number of alkyl halides is 3. The van der Waals surface area contributed by atoms with Crippen LogP contribution in [0.2, 0.25) is 0 Å². The summed E-state index contributed by atoms with van der Waals surface area (Å²) >= 11 is 0. The number of likely N-dealkylation sites (tertiary alicyclic amines) is 1. The number of amides is 2. The Morgan fingerprint density at radius 1 is 1.19 bits per heavy atom. The molecular weight excluding hydrogens is 345 g/mol. The Hall–Kier alpha value is -2.05. The number of carbonyl (C=O) groups excluding carboxylic acids is 2. The van der Waals surface area contributed by atoms with Gasteiger partial charge in [-0.3, -0.25) is 9.59 Å². The molecule has 0 radical (unpaired) electrons. The van der Waals surface area contributed by atoms with E-state index in [4.69, 9.17) is 0 Å². The number of nitrogens with zero attached hydrogens (tertiary/aromatic N) is 1. The molecule has 1 saturated heterocycles. The first-order valence-electron chi connectivity index (χ1n) is 9.09. The maximum atomic E-state index is 13.2. The van der Waals surface area contributed by atoms with E-state index in [2.05, 4.69) is 5.32 Å². The second kappa shape index (κ2) is 7.68. The van der Waals surface area contributed by atoms with Crippen LogP contribution in [0.4, 0.5) is 13.2 Å². The molecule has 2 unspecified atom stereocenters. The zero-order chi connectivity index (χ0) is 18.7. The largest absolute Gasteiger partial charge is 0.393 e. The van der Waals surface area contributed by atoms with Gasteiger partial charge in [0, 0.05) is 31.1 Å². The fourth-order valence-electron chi connectivity index (χ4n) is 3.85. The number of benzene rings is 1. The number of hydrogen-bond donors (Lipinski definition) is 1. The van der Waals surface area contributed by atoms with E-state index in [-0.39, 0.29) is 12.3 Å². The molecule has 0 bridgehead atoms. The highest BCUT2D eigenvalue weighted by molar-refractivity contribution is 5.94. The second-order valence-electron chi connectivity index (χ2n) is 7.13. The summed E-state index contributed by atoms with van der Waals surface area (Å²) in [6.07, 6.45) is -1.29. The molecule has 2 atom stereocenters. The number of nitrogens with one attached hydrogen (secondary N) is 1. The highest BCUT2D eigenvalue weighted by Gasteiger charge is 2.46. The van der Waals surface area contributed by atoms with Crippen LogP contribution in [0.3, 0.4) is 0 Å². The third-order valence-corrected chi connectivity index (χ3v) is 5.24.